The number of anilines is 1. The summed E-state index contributed by atoms with van der Waals surface area (Å²) in [5.41, 5.74) is 3.34. The molecule has 11 nitrogen and oxygen atoms in total. The van der Waals surface area contributed by atoms with Gasteiger partial charge in [0.2, 0.25) is 0 Å². The van der Waals surface area contributed by atoms with Gasteiger partial charge in [0, 0.05) is 17.7 Å². The summed E-state index contributed by atoms with van der Waals surface area (Å²) < 4.78 is 22.7. The maximum Gasteiger partial charge on any atom is 0.344 e. The first kappa shape index (κ1) is 28.5. The highest BCUT2D eigenvalue weighted by Gasteiger charge is 2.18. The summed E-state index contributed by atoms with van der Waals surface area (Å²) in [5.74, 6) is 1.73. The summed E-state index contributed by atoms with van der Waals surface area (Å²) in [7, 11) is 3.12. The summed E-state index contributed by atoms with van der Waals surface area (Å²) in [6.07, 6.45) is 0. The number of nitrogens with zero attached hydrogens (tertiary/aromatic N) is 3. The minimum Gasteiger partial charge on any atom is -0.497 e. The normalized spacial score (nSPS) is 10.9. The molecule has 2 aromatic heterocycles. The van der Waals surface area contributed by atoms with Crippen LogP contribution in [0.2, 0.25) is 5.02 Å². The minimum absolute atomic E-state index is 0.197. The van der Waals surface area contributed by atoms with Crippen LogP contribution in [0.1, 0.15) is 22.8 Å². The number of fused-ring (bicyclic) bond motifs is 1. The molecule has 5 rings (SSSR count). The van der Waals surface area contributed by atoms with Crippen molar-refractivity contribution in [2.45, 2.75) is 13.5 Å². The van der Waals surface area contributed by atoms with Crippen LogP contribution in [0.4, 0.5) is 5.82 Å². The van der Waals surface area contributed by atoms with E-state index in [1.807, 2.05) is 24.3 Å². The van der Waals surface area contributed by atoms with Crippen LogP contribution in [0.25, 0.3) is 22.6 Å². The molecule has 5 aromatic rings. The first-order valence-electron chi connectivity index (χ1n) is 13.0. The molecule has 0 bridgehead atoms. The van der Waals surface area contributed by atoms with Crippen LogP contribution in [-0.2, 0) is 16.1 Å². The number of nitrogens with one attached hydrogen (secondary N) is 2. The Hall–Kier alpha value is -5.03. The zero-order valence-corrected chi connectivity index (χ0v) is 23.9. The first-order chi connectivity index (χ1) is 20.4. The molecule has 0 saturated heterocycles. The Morgan fingerprint density at radius 2 is 1.76 bits per heavy atom. The molecule has 1 amide bonds. The number of benzene rings is 3. The fourth-order valence-corrected chi connectivity index (χ4v) is 4.49. The lowest BCUT2D eigenvalue weighted by molar-refractivity contribution is -0.145. The van der Waals surface area contributed by atoms with E-state index in [0.717, 1.165) is 11.3 Å². The van der Waals surface area contributed by atoms with Gasteiger partial charge in [0.1, 0.15) is 22.9 Å². The van der Waals surface area contributed by atoms with Gasteiger partial charge in [0.05, 0.1) is 43.4 Å². The number of methoxy groups -OCH3 is 2. The molecule has 0 unspecified atom stereocenters. The highest BCUT2D eigenvalue weighted by Crippen LogP contribution is 2.28. The third-order valence-electron chi connectivity index (χ3n) is 6.28. The van der Waals surface area contributed by atoms with Gasteiger partial charge >= 0.3 is 5.97 Å². The zero-order valence-electron chi connectivity index (χ0n) is 23.1. The number of rotatable bonds is 11. The molecule has 216 valence electrons. The summed E-state index contributed by atoms with van der Waals surface area (Å²) in [6, 6.07) is 19.4. The third-order valence-corrected chi connectivity index (χ3v) is 6.58. The molecular weight excluding hydrogens is 562 g/mol. The van der Waals surface area contributed by atoms with Gasteiger partial charge in [0.15, 0.2) is 18.2 Å². The van der Waals surface area contributed by atoms with Crippen LogP contribution in [0, 0.1) is 0 Å². The molecule has 0 aliphatic rings. The van der Waals surface area contributed by atoms with E-state index in [1.54, 1.807) is 55.1 Å². The molecule has 12 heteroatoms. The van der Waals surface area contributed by atoms with Crippen LogP contribution in [0.3, 0.4) is 0 Å². The van der Waals surface area contributed by atoms with Crippen molar-refractivity contribution in [3.05, 3.63) is 82.9 Å². The summed E-state index contributed by atoms with van der Waals surface area (Å²) >= 11 is 6.22. The maximum atomic E-state index is 13.0. The predicted molar refractivity (Wildman–Crippen MR) is 157 cm³/mol. The van der Waals surface area contributed by atoms with E-state index in [4.69, 9.17) is 35.5 Å². The number of hydrogen-bond acceptors (Lipinski definition) is 8. The first-order valence-corrected chi connectivity index (χ1v) is 13.4. The molecule has 0 aliphatic carbocycles. The number of hydrogen-bond donors (Lipinski definition) is 2. The van der Waals surface area contributed by atoms with Crippen molar-refractivity contribution in [2.24, 2.45) is 0 Å². The van der Waals surface area contributed by atoms with Gasteiger partial charge in [-0.25, -0.2) is 9.78 Å². The van der Waals surface area contributed by atoms with E-state index in [1.165, 1.54) is 13.2 Å². The van der Waals surface area contributed by atoms with E-state index < -0.39 is 5.97 Å². The number of carbonyl (C=O) groups excluding carboxylic acids is 2. The highest BCUT2D eigenvalue weighted by molar-refractivity contribution is 6.32. The van der Waals surface area contributed by atoms with Crippen molar-refractivity contribution in [3.63, 3.8) is 0 Å². The van der Waals surface area contributed by atoms with Crippen molar-refractivity contribution in [1.82, 2.24) is 19.7 Å². The van der Waals surface area contributed by atoms with Crippen LogP contribution in [0.15, 0.2) is 66.7 Å². The Kier molecular flexibility index (Phi) is 8.58. The molecule has 0 fully saturated rings. The van der Waals surface area contributed by atoms with Crippen molar-refractivity contribution in [1.29, 1.82) is 0 Å². The van der Waals surface area contributed by atoms with Crippen LogP contribution in [-0.4, -0.2) is 59.1 Å². The molecule has 0 spiro atoms. The van der Waals surface area contributed by atoms with E-state index in [-0.39, 0.29) is 19.1 Å². The maximum absolute atomic E-state index is 13.0. The molecule has 42 heavy (non-hydrogen) atoms. The van der Waals surface area contributed by atoms with Gasteiger partial charge in [-0.1, -0.05) is 23.7 Å². The number of aromatic nitrogens is 4. The van der Waals surface area contributed by atoms with Gasteiger partial charge in [-0.15, -0.1) is 0 Å². The largest absolute Gasteiger partial charge is 0.497 e. The number of ether oxygens (including phenoxy) is 4. The number of H-pyrrole nitrogens is 1. The Labute approximate surface area is 246 Å². The fourth-order valence-electron chi connectivity index (χ4n) is 4.23. The second kappa shape index (κ2) is 12.6. The lowest BCUT2D eigenvalue weighted by Crippen LogP contribution is -2.14. The molecule has 2 heterocycles. The zero-order chi connectivity index (χ0) is 29.6. The monoisotopic (exact) mass is 589 g/mol. The molecular formula is C30H28ClN5O6. The smallest absolute Gasteiger partial charge is 0.344 e. The molecule has 0 atom stereocenters. The van der Waals surface area contributed by atoms with Crippen LogP contribution < -0.4 is 19.5 Å². The molecule has 0 aliphatic heterocycles. The quantitative estimate of drug-likeness (QED) is 0.198. The average Bonchev–Trinajstić information content (AvgIpc) is 3.59. The summed E-state index contributed by atoms with van der Waals surface area (Å²) in [6.45, 7) is 2.22. The SMILES string of the molecule is CCOC(=O)COc1ccc2nc(-c3cc(NC(=O)c4ccc(OC)c(Cl)c4)nn3Cc3ccc(OC)cc3)[nH]c2c1. The van der Waals surface area contributed by atoms with E-state index in [2.05, 4.69) is 15.4 Å². The summed E-state index contributed by atoms with van der Waals surface area (Å²) in [5, 5.41) is 7.82. The second-order valence-corrected chi connectivity index (χ2v) is 9.49. The standard InChI is InChI=1S/C30H28ClN5O6/c1-4-41-28(37)17-42-21-10-11-23-24(14-21)33-29(32-23)25-15-27(34-30(38)19-7-12-26(40-3)22(31)13-19)35-36(25)16-18-5-8-20(39-2)9-6-18/h5-15H,4,16-17H2,1-3H3,(H,32,33)(H,34,35,38). The van der Waals surface area contributed by atoms with Gasteiger partial charge in [-0.3, -0.25) is 9.48 Å². The number of amides is 1. The van der Waals surface area contributed by atoms with Gasteiger partial charge < -0.3 is 29.2 Å². The highest BCUT2D eigenvalue weighted by atomic mass is 35.5. The van der Waals surface area contributed by atoms with Gasteiger partial charge in [-0.05, 0) is 55.0 Å². The molecule has 0 saturated carbocycles. The van der Waals surface area contributed by atoms with Gasteiger partial charge in [0.25, 0.3) is 5.91 Å². The van der Waals surface area contributed by atoms with Crippen LogP contribution >= 0.6 is 11.6 Å². The van der Waals surface area contributed by atoms with E-state index in [0.29, 0.717) is 57.0 Å². The molecule has 3 aromatic carbocycles. The number of halogens is 1. The Balaban J connectivity index is 1.45. The van der Waals surface area contributed by atoms with Crippen molar-refractivity contribution >= 4 is 40.3 Å². The Morgan fingerprint density at radius 1 is 0.976 bits per heavy atom. The molecule has 2 N–H and O–H groups in total. The second-order valence-electron chi connectivity index (χ2n) is 9.08. The van der Waals surface area contributed by atoms with E-state index >= 15 is 0 Å². The fraction of sp³-hybridized carbons (Fsp3) is 0.200. The Bertz CT molecular complexity index is 1730. The lowest BCUT2D eigenvalue weighted by atomic mass is 10.2. The average molecular weight is 590 g/mol. The Morgan fingerprint density at radius 3 is 2.48 bits per heavy atom. The summed E-state index contributed by atoms with van der Waals surface area (Å²) in [4.78, 5) is 32.7. The van der Waals surface area contributed by atoms with Crippen molar-refractivity contribution < 1.29 is 28.5 Å². The lowest BCUT2D eigenvalue weighted by Gasteiger charge is -2.07. The minimum atomic E-state index is -0.447. The van der Waals surface area contributed by atoms with E-state index in [9.17, 15) is 9.59 Å². The van der Waals surface area contributed by atoms with Crippen molar-refractivity contribution in [3.8, 4) is 28.8 Å². The molecule has 0 radical (unpaired) electrons. The van der Waals surface area contributed by atoms with Crippen molar-refractivity contribution in [2.75, 3.05) is 32.8 Å². The third kappa shape index (κ3) is 6.47. The number of carbonyl (C=O) groups is 2. The number of imidazole rings is 1. The number of aromatic amines is 1. The van der Waals surface area contributed by atoms with Gasteiger partial charge in [-0.2, -0.15) is 5.10 Å². The predicted octanol–water partition coefficient (Wildman–Crippen LogP) is 5.34. The van der Waals surface area contributed by atoms with Crippen LogP contribution in [0.5, 0.6) is 17.2 Å². The topological polar surface area (TPSA) is 130 Å². The number of esters is 1.